The predicted octanol–water partition coefficient (Wildman–Crippen LogP) is 1.80. The van der Waals surface area contributed by atoms with Gasteiger partial charge in [-0.15, -0.1) is 6.42 Å². The summed E-state index contributed by atoms with van der Waals surface area (Å²) in [5, 5.41) is 0.743. The van der Waals surface area contributed by atoms with Crippen molar-refractivity contribution in [2.75, 3.05) is 6.61 Å². The summed E-state index contributed by atoms with van der Waals surface area (Å²) in [5.74, 6) is 2.80. The lowest BCUT2D eigenvalue weighted by Crippen LogP contribution is -2.01. The molecule has 0 radical (unpaired) electrons. The molecule has 1 aromatic heterocycles. The average Bonchev–Trinajstić information content (AvgIpc) is 2.25. The molecule has 0 unspecified atom stereocenters. The molecule has 2 aromatic rings. The van der Waals surface area contributed by atoms with Gasteiger partial charge in [-0.1, -0.05) is 18.1 Å². The smallest absolute Gasteiger partial charge is 0.339 e. The van der Waals surface area contributed by atoms with Crippen LogP contribution < -0.4 is 10.4 Å². The van der Waals surface area contributed by atoms with Gasteiger partial charge in [-0.3, -0.25) is 0 Å². The third-order valence-corrected chi connectivity index (χ3v) is 1.92. The quantitative estimate of drug-likeness (QED) is 0.548. The van der Waals surface area contributed by atoms with Crippen LogP contribution in [-0.2, 0) is 0 Å². The first-order valence-electron chi connectivity index (χ1n) is 4.40. The summed E-state index contributed by atoms with van der Waals surface area (Å²) in [6, 6.07) is 8.44. The number of terminal acetylenes is 1. The van der Waals surface area contributed by atoms with E-state index in [1.165, 1.54) is 6.07 Å². The summed E-state index contributed by atoms with van der Waals surface area (Å²) in [6.07, 6.45) is 5.08. The van der Waals surface area contributed by atoms with Crippen molar-refractivity contribution in [2.24, 2.45) is 0 Å². The van der Waals surface area contributed by atoms with E-state index in [0.717, 1.165) is 5.39 Å². The molecule has 0 aliphatic rings. The highest BCUT2D eigenvalue weighted by Gasteiger charge is 2.04. The molecule has 0 bridgehead atoms. The summed E-state index contributed by atoms with van der Waals surface area (Å²) in [4.78, 5) is 11.2. The lowest BCUT2D eigenvalue weighted by atomic mass is 10.2. The maximum absolute atomic E-state index is 11.2. The first kappa shape index (κ1) is 9.35. The summed E-state index contributed by atoms with van der Waals surface area (Å²) >= 11 is 0. The van der Waals surface area contributed by atoms with Crippen LogP contribution in [0.1, 0.15) is 0 Å². The monoisotopic (exact) mass is 200 g/mol. The van der Waals surface area contributed by atoms with E-state index >= 15 is 0 Å². The molecule has 0 spiro atoms. The van der Waals surface area contributed by atoms with Gasteiger partial charge in [-0.25, -0.2) is 4.79 Å². The molecule has 1 aromatic carbocycles. The minimum Gasteiger partial charge on any atom is -0.480 e. The molecule has 1 heterocycles. The molecule has 0 saturated carbocycles. The average molecular weight is 200 g/mol. The predicted molar refractivity (Wildman–Crippen MR) is 56.8 cm³/mol. The Kier molecular flexibility index (Phi) is 2.42. The van der Waals surface area contributed by atoms with Gasteiger partial charge in [0.05, 0.1) is 11.5 Å². The van der Waals surface area contributed by atoms with Crippen molar-refractivity contribution in [3.05, 3.63) is 40.8 Å². The van der Waals surface area contributed by atoms with Crippen molar-refractivity contribution >= 4 is 11.0 Å². The lowest BCUT2D eigenvalue weighted by molar-refractivity contribution is 0.370. The third kappa shape index (κ3) is 1.84. The maximum atomic E-state index is 11.2. The van der Waals surface area contributed by atoms with Gasteiger partial charge in [-0.2, -0.15) is 0 Å². The Morgan fingerprint density at radius 1 is 1.40 bits per heavy atom. The van der Waals surface area contributed by atoms with Crippen molar-refractivity contribution in [2.45, 2.75) is 0 Å². The van der Waals surface area contributed by atoms with Crippen LogP contribution in [0.4, 0.5) is 0 Å². The van der Waals surface area contributed by atoms with Crippen LogP contribution in [0.3, 0.4) is 0 Å². The van der Waals surface area contributed by atoms with Crippen molar-refractivity contribution in [3.8, 4) is 18.1 Å². The van der Waals surface area contributed by atoms with Crippen molar-refractivity contribution in [3.63, 3.8) is 0 Å². The molecule has 0 amide bonds. The first-order chi connectivity index (χ1) is 7.31. The normalized spacial score (nSPS) is 9.80. The standard InChI is InChI=1S/C12H8O3/c1-2-7-14-11-8-12(13)15-10-6-4-3-5-9(10)11/h1,3-6,8H,7H2. The number of para-hydroxylation sites is 1. The molecule has 74 valence electrons. The van der Waals surface area contributed by atoms with E-state index < -0.39 is 5.63 Å². The van der Waals surface area contributed by atoms with E-state index in [2.05, 4.69) is 5.92 Å². The van der Waals surface area contributed by atoms with Gasteiger partial charge >= 0.3 is 5.63 Å². The van der Waals surface area contributed by atoms with E-state index in [4.69, 9.17) is 15.6 Å². The third-order valence-electron chi connectivity index (χ3n) is 1.92. The lowest BCUT2D eigenvalue weighted by Gasteiger charge is -2.04. The Labute approximate surface area is 86.3 Å². The van der Waals surface area contributed by atoms with E-state index in [0.29, 0.717) is 11.3 Å². The molecule has 3 nitrogen and oxygen atoms in total. The van der Waals surface area contributed by atoms with Crippen LogP contribution in [0.25, 0.3) is 11.0 Å². The van der Waals surface area contributed by atoms with Crippen LogP contribution in [0.15, 0.2) is 39.5 Å². The van der Waals surface area contributed by atoms with Gasteiger partial charge in [0.2, 0.25) is 0 Å². The van der Waals surface area contributed by atoms with Crippen molar-refractivity contribution in [1.82, 2.24) is 0 Å². The fourth-order valence-electron chi connectivity index (χ4n) is 1.32. The van der Waals surface area contributed by atoms with E-state index in [9.17, 15) is 4.79 Å². The largest absolute Gasteiger partial charge is 0.480 e. The Bertz CT molecular complexity index is 575. The van der Waals surface area contributed by atoms with Crippen LogP contribution in [0.5, 0.6) is 5.75 Å². The molecule has 3 heteroatoms. The Morgan fingerprint density at radius 3 is 3.00 bits per heavy atom. The molecule has 0 aliphatic carbocycles. The topological polar surface area (TPSA) is 39.4 Å². The molecule has 0 aliphatic heterocycles. The zero-order valence-electron chi connectivity index (χ0n) is 7.90. The zero-order chi connectivity index (χ0) is 10.7. The van der Waals surface area contributed by atoms with E-state index in [1.807, 2.05) is 12.1 Å². The van der Waals surface area contributed by atoms with E-state index in [-0.39, 0.29) is 6.61 Å². The number of fused-ring (bicyclic) bond motifs is 1. The van der Waals surface area contributed by atoms with Gasteiger partial charge in [0.1, 0.15) is 17.9 Å². The molecule has 0 saturated heterocycles. The Hall–Kier alpha value is -2.21. The second kappa shape index (κ2) is 3.89. The fraction of sp³-hybridized carbons (Fsp3) is 0.0833. The molecule has 2 rings (SSSR count). The van der Waals surface area contributed by atoms with Gasteiger partial charge < -0.3 is 9.15 Å². The molecule has 0 N–H and O–H groups in total. The number of hydrogen-bond donors (Lipinski definition) is 0. The number of ether oxygens (including phenoxy) is 1. The second-order valence-electron chi connectivity index (χ2n) is 2.92. The molecule has 0 fully saturated rings. The van der Waals surface area contributed by atoms with Gasteiger partial charge in [-0.05, 0) is 12.1 Å². The second-order valence-corrected chi connectivity index (χ2v) is 2.92. The van der Waals surface area contributed by atoms with Gasteiger partial charge in [0.25, 0.3) is 0 Å². The van der Waals surface area contributed by atoms with Crippen molar-refractivity contribution < 1.29 is 9.15 Å². The van der Waals surface area contributed by atoms with Gasteiger partial charge in [0.15, 0.2) is 0 Å². The van der Waals surface area contributed by atoms with Crippen LogP contribution >= 0.6 is 0 Å². The molecular formula is C12H8O3. The highest BCUT2D eigenvalue weighted by molar-refractivity contribution is 5.82. The molecule has 15 heavy (non-hydrogen) atoms. The summed E-state index contributed by atoms with van der Waals surface area (Å²) < 4.78 is 10.2. The highest BCUT2D eigenvalue weighted by atomic mass is 16.5. The fourth-order valence-corrected chi connectivity index (χ4v) is 1.32. The molecular weight excluding hydrogens is 192 g/mol. The minimum absolute atomic E-state index is 0.132. The van der Waals surface area contributed by atoms with E-state index in [1.54, 1.807) is 12.1 Å². The Morgan fingerprint density at radius 2 is 2.20 bits per heavy atom. The van der Waals surface area contributed by atoms with Gasteiger partial charge in [0, 0.05) is 0 Å². The SMILES string of the molecule is C#CCOc1cc(=O)oc2ccccc12. The molecule has 0 atom stereocenters. The van der Waals surface area contributed by atoms with Crippen LogP contribution in [0, 0.1) is 12.3 Å². The number of rotatable bonds is 2. The van der Waals surface area contributed by atoms with Crippen LogP contribution in [0.2, 0.25) is 0 Å². The Balaban J connectivity index is 2.62. The number of hydrogen-bond acceptors (Lipinski definition) is 3. The summed E-state index contributed by atoms with van der Waals surface area (Å²) in [7, 11) is 0. The minimum atomic E-state index is -0.444. The first-order valence-corrected chi connectivity index (χ1v) is 4.40. The number of benzene rings is 1. The van der Waals surface area contributed by atoms with Crippen LogP contribution in [-0.4, -0.2) is 6.61 Å². The summed E-state index contributed by atoms with van der Waals surface area (Å²) in [5.41, 5.74) is 0.0535. The zero-order valence-corrected chi connectivity index (χ0v) is 7.90. The van der Waals surface area contributed by atoms with Crippen molar-refractivity contribution in [1.29, 1.82) is 0 Å². The highest BCUT2D eigenvalue weighted by Crippen LogP contribution is 2.22. The summed E-state index contributed by atoms with van der Waals surface area (Å²) in [6.45, 7) is 0.132. The maximum Gasteiger partial charge on any atom is 0.339 e.